The highest BCUT2D eigenvalue weighted by atomic mass is 32.2. The molecule has 4 unspecified atom stereocenters. The van der Waals surface area contributed by atoms with Crippen LogP contribution < -0.4 is 5.73 Å². The Morgan fingerprint density at radius 1 is 1.17 bits per heavy atom. The summed E-state index contributed by atoms with van der Waals surface area (Å²) in [5.74, 6) is 0. The molecule has 0 spiro atoms. The normalized spacial score (nSPS) is 36.7. The fourth-order valence-corrected chi connectivity index (χ4v) is 5.20. The van der Waals surface area contributed by atoms with E-state index >= 15 is 0 Å². The summed E-state index contributed by atoms with van der Waals surface area (Å²) >= 11 is 0. The Kier molecular flexibility index (Phi) is 4.34. The zero-order valence-electron chi connectivity index (χ0n) is 11.5. The van der Waals surface area contributed by atoms with E-state index in [0.29, 0.717) is 6.04 Å². The first-order valence-corrected chi connectivity index (χ1v) is 9.07. The van der Waals surface area contributed by atoms with Gasteiger partial charge in [-0.25, -0.2) is 8.42 Å². The van der Waals surface area contributed by atoms with E-state index in [1.54, 1.807) is 0 Å². The molecule has 2 rings (SSSR count). The molecule has 5 heteroatoms. The number of rotatable bonds is 3. The monoisotopic (exact) mass is 274 g/mol. The van der Waals surface area contributed by atoms with Crippen LogP contribution in [0.15, 0.2) is 0 Å². The van der Waals surface area contributed by atoms with Crippen molar-refractivity contribution in [2.24, 2.45) is 5.73 Å². The molecule has 0 amide bonds. The molecule has 1 saturated heterocycles. The second-order valence-corrected chi connectivity index (χ2v) is 8.29. The lowest BCUT2D eigenvalue weighted by Crippen LogP contribution is -2.56. The Labute approximate surface area is 111 Å². The van der Waals surface area contributed by atoms with Gasteiger partial charge in [-0.05, 0) is 39.2 Å². The molecule has 0 aromatic rings. The summed E-state index contributed by atoms with van der Waals surface area (Å²) in [5.41, 5.74) is 6.09. The van der Waals surface area contributed by atoms with Gasteiger partial charge in [-0.15, -0.1) is 0 Å². The maximum absolute atomic E-state index is 11.9. The Morgan fingerprint density at radius 3 is 2.50 bits per heavy atom. The van der Waals surface area contributed by atoms with Crippen LogP contribution in [-0.2, 0) is 9.84 Å². The predicted octanol–water partition coefficient (Wildman–Crippen LogP) is 1.15. The highest BCUT2D eigenvalue weighted by Gasteiger charge is 2.41. The molecule has 106 valence electrons. The molecule has 1 heterocycles. The summed E-state index contributed by atoms with van der Waals surface area (Å²) in [6.07, 6.45) is 7.78. The molecule has 2 fully saturated rings. The van der Waals surface area contributed by atoms with Crippen LogP contribution >= 0.6 is 0 Å². The first-order chi connectivity index (χ1) is 8.41. The number of sulfone groups is 1. The first kappa shape index (κ1) is 14.3. The quantitative estimate of drug-likeness (QED) is 0.838. The summed E-state index contributed by atoms with van der Waals surface area (Å²) in [6.45, 7) is 3.07. The van der Waals surface area contributed by atoms with Gasteiger partial charge in [0.15, 0.2) is 9.84 Å². The van der Waals surface area contributed by atoms with E-state index in [0.717, 1.165) is 32.2 Å². The van der Waals surface area contributed by atoms with Gasteiger partial charge in [0.25, 0.3) is 0 Å². The lowest BCUT2D eigenvalue weighted by Gasteiger charge is -2.43. The SMILES string of the molecule is CC(N)C1CCCCN1C1CCCC1S(C)(=O)=O. The fourth-order valence-electron chi connectivity index (χ4n) is 3.74. The minimum atomic E-state index is -2.93. The standard InChI is InChI=1S/C13H26N2O2S/c1-10(14)11-6-3-4-9-15(11)12-7-5-8-13(12)18(2,16)17/h10-13H,3-9,14H2,1-2H3. The molecular weight excluding hydrogens is 248 g/mol. The number of nitrogens with zero attached hydrogens (tertiary/aromatic N) is 1. The van der Waals surface area contributed by atoms with E-state index in [1.165, 1.54) is 19.1 Å². The Bertz CT molecular complexity index is 380. The maximum atomic E-state index is 11.9. The van der Waals surface area contributed by atoms with Crippen molar-refractivity contribution in [3.63, 3.8) is 0 Å². The molecule has 0 aromatic heterocycles. The summed E-state index contributed by atoms with van der Waals surface area (Å²) in [5, 5.41) is -0.170. The molecule has 0 radical (unpaired) electrons. The van der Waals surface area contributed by atoms with Gasteiger partial charge in [0.1, 0.15) is 0 Å². The third kappa shape index (κ3) is 2.89. The summed E-state index contributed by atoms with van der Waals surface area (Å²) in [7, 11) is -2.93. The van der Waals surface area contributed by atoms with Crippen LogP contribution in [0.25, 0.3) is 0 Å². The smallest absolute Gasteiger partial charge is 0.151 e. The van der Waals surface area contributed by atoms with E-state index in [9.17, 15) is 8.42 Å². The molecule has 0 aromatic carbocycles. The average Bonchev–Trinajstić information content (AvgIpc) is 2.77. The largest absolute Gasteiger partial charge is 0.327 e. The van der Waals surface area contributed by atoms with E-state index < -0.39 is 9.84 Å². The van der Waals surface area contributed by atoms with Crippen molar-refractivity contribution in [3.8, 4) is 0 Å². The van der Waals surface area contributed by atoms with Crippen LogP contribution in [-0.4, -0.2) is 49.5 Å². The van der Waals surface area contributed by atoms with Gasteiger partial charge >= 0.3 is 0 Å². The van der Waals surface area contributed by atoms with Crippen LogP contribution in [0.1, 0.15) is 45.4 Å². The average molecular weight is 274 g/mol. The molecule has 1 saturated carbocycles. The van der Waals surface area contributed by atoms with Crippen molar-refractivity contribution in [3.05, 3.63) is 0 Å². The number of nitrogens with two attached hydrogens (primary N) is 1. The van der Waals surface area contributed by atoms with Gasteiger partial charge < -0.3 is 5.73 Å². The van der Waals surface area contributed by atoms with Gasteiger partial charge in [0.05, 0.1) is 5.25 Å². The van der Waals surface area contributed by atoms with Crippen molar-refractivity contribution in [2.45, 2.75) is 68.8 Å². The molecule has 2 aliphatic rings. The van der Waals surface area contributed by atoms with E-state index in [1.807, 2.05) is 6.92 Å². The third-order valence-corrected chi connectivity index (χ3v) is 6.24. The minimum absolute atomic E-state index is 0.131. The molecule has 18 heavy (non-hydrogen) atoms. The number of hydrogen-bond acceptors (Lipinski definition) is 4. The summed E-state index contributed by atoms with van der Waals surface area (Å²) in [6, 6.07) is 0.702. The molecule has 0 bridgehead atoms. The van der Waals surface area contributed by atoms with Gasteiger partial charge in [-0.2, -0.15) is 0 Å². The summed E-state index contributed by atoms with van der Waals surface area (Å²) < 4.78 is 23.8. The highest BCUT2D eigenvalue weighted by Crippen LogP contribution is 2.33. The van der Waals surface area contributed by atoms with Crippen molar-refractivity contribution in [2.75, 3.05) is 12.8 Å². The second kappa shape index (κ2) is 5.47. The number of piperidine rings is 1. The van der Waals surface area contributed by atoms with Gasteiger partial charge in [-0.1, -0.05) is 12.8 Å². The number of hydrogen-bond donors (Lipinski definition) is 1. The minimum Gasteiger partial charge on any atom is -0.327 e. The molecular formula is C13H26N2O2S. The van der Waals surface area contributed by atoms with E-state index in [4.69, 9.17) is 5.73 Å². The zero-order valence-corrected chi connectivity index (χ0v) is 12.3. The highest BCUT2D eigenvalue weighted by molar-refractivity contribution is 7.91. The Hall–Kier alpha value is -0.130. The van der Waals surface area contributed by atoms with Gasteiger partial charge in [0.2, 0.25) is 0 Å². The summed E-state index contributed by atoms with van der Waals surface area (Å²) in [4.78, 5) is 2.41. The van der Waals surface area contributed by atoms with Crippen LogP contribution in [0.4, 0.5) is 0 Å². The second-order valence-electron chi connectivity index (χ2n) is 6.03. The van der Waals surface area contributed by atoms with Crippen LogP contribution in [0, 0.1) is 0 Å². The zero-order chi connectivity index (χ0) is 13.3. The van der Waals surface area contributed by atoms with Crippen LogP contribution in [0.2, 0.25) is 0 Å². The van der Waals surface area contributed by atoms with Crippen molar-refractivity contribution in [1.29, 1.82) is 0 Å². The van der Waals surface area contributed by atoms with Crippen molar-refractivity contribution < 1.29 is 8.42 Å². The maximum Gasteiger partial charge on any atom is 0.151 e. The fraction of sp³-hybridized carbons (Fsp3) is 1.00. The van der Waals surface area contributed by atoms with Crippen molar-refractivity contribution in [1.82, 2.24) is 4.90 Å². The van der Waals surface area contributed by atoms with Crippen molar-refractivity contribution >= 4 is 9.84 Å². The van der Waals surface area contributed by atoms with Crippen LogP contribution in [0.5, 0.6) is 0 Å². The number of likely N-dealkylation sites (tertiary alicyclic amines) is 1. The molecule has 1 aliphatic carbocycles. The van der Waals surface area contributed by atoms with Gasteiger partial charge in [-0.3, -0.25) is 4.90 Å². The first-order valence-electron chi connectivity index (χ1n) is 7.11. The van der Waals surface area contributed by atoms with Crippen LogP contribution in [0.3, 0.4) is 0 Å². The molecule has 4 atom stereocenters. The van der Waals surface area contributed by atoms with E-state index in [-0.39, 0.29) is 17.3 Å². The Morgan fingerprint density at radius 2 is 1.89 bits per heavy atom. The molecule has 2 N–H and O–H groups in total. The third-order valence-electron chi connectivity index (χ3n) is 4.59. The lowest BCUT2D eigenvalue weighted by atomic mass is 9.94. The molecule has 4 nitrogen and oxygen atoms in total. The predicted molar refractivity (Wildman–Crippen MR) is 74.3 cm³/mol. The van der Waals surface area contributed by atoms with E-state index in [2.05, 4.69) is 4.90 Å². The Balaban J connectivity index is 2.17. The van der Waals surface area contributed by atoms with Gasteiger partial charge in [0, 0.05) is 24.4 Å². The topological polar surface area (TPSA) is 63.4 Å². The lowest BCUT2D eigenvalue weighted by molar-refractivity contribution is 0.0849. The molecule has 1 aliphatic heterocycles.